The van der Waals surface area contributed by atoms with Gasteiger partial charge in [0.25, 0.3) is 5.91 Å². The lowest BCUT2D eigenvalue weighted by Crippen LogP contribution is -3.12. The Morgan fingerprint density at radius 1 is 1.00 bits per heavy atom. The minimum absolute atomic E-state index is 0.0372. The minimum Gasteiger partial charge on any atom is -0.342 e. The summed E-state index contributed by atoms with van der Waals surface area (Å²) in [6, 6.07) is 14.2. The zero-order valence-electron chi connectivity index (χ0n) is 19.3. The predicted molar refractivity (Wildman–Crippen MR) is 123 cm³/mol. The molecule has 0 aromatic heterocycles. The van der Waals surface area contributed by atoms with Crippen molar-refractivity contribution in [1.29, 1.82) is 0 Å². The Hall–Kier alpha value is -2.66. The number of benzene rings is 2. The van der Waals surface area contributed by atoms with Gasteiger partial charge in [-0.2, -0.15) is 0 Å². The maximum absolute atomic E-state index is 12.5. The maximum Gasteiger partial charge on any atom is 0.278 e. The number of carbonyl (C=O) groups is 2. The molecule has 2 amide bonds. The van der Waals surface area contributed by atoms with Crippen LogP contribution in [0.4, 0.5) is 5.69 Å². The SMILES string of the molecule is Cc1cccc(C)c1NC(=O)CNC(=O)[C@H](C)[NH+](C)Cc1ccc(C(C)(C)C)cc1. The predicted octanol–water partition coefficient (Wildman–Crippen LogP) is 2.76. The molecule has 0 aliphatic carbocycles. The van der Waals surface area contributed by atoms with Crippen LogP contribution in [0.1, 0.15) is 49.9 Å². The van der Waals surface area contributed by atoms with Gasteiger partial charge < -0.3 is 15.5 Å². The molecule has 0 saturated carbocycles. The summed E-state index contributed by atoms with van der Waals surface area (Å²) in [4.78, 5) is 25.9. The first-order chi connectivity index (χ1) is 14.0. The molecule has 1 unspecified atom stereocenters. The molecule has 2 atom stereocenters. The van der Waals surface area contributed by atoms with E-state index < -0.39 is 0 Å². The van der Waals surface area contributed by atoms with Gasteiger partial charge in [-0.05, 0) is 42.9 Å². The number of hydrogen-bond donors (Lipinski definition) is 3. The third-order valence-electron chi connectivity index (χ3n) is 5.60. The Kier molecular flexibility index (Phi) is 7.79. The number of anilines is 1. The van der Waals surface area contributed by atoms with Gasteiger partial charge in [-0.15, -0.1) is 0 Å². The molecule has 2 aromatic rings. The number of amides is 2. The Morgan fingerprint density at radius 2 is 1.57 bits per heavy atom. The Bertz CT molecular complexity index is 862. The molecule has 0 fully saturated rings. The highest BCUT2D eigenvalue weighted by molar-refractivity contribution is 5.96. The van der Waals surface area contributed by atoms with Gasteiger partial charge in [0, 0.05) is 11.3 Å². The van der Waals surface area contributed by atoms with E-state index in [0.29, 0.717) is 0 Å². The summed E-state index contributed by atoms with van der Waals surface area (Å²) in [5.41, 5.74) is 5.43. The van der Waals surface area contributed by atoms with E-state index in [4.69, 9.17) is 0 Å². The molecule has 30 heavy (non-hydrogen) atoms. The average molecular weight is 411 g/mol. The molecule has 3 N–H and O–H groups in total. The van der Waals surface area contributed by atoms with Crippen LogP contribution in [0.25, 0.3) is 0 Å². The molecular weight excluding hydrogens is 374 g/mol. The molecule has 0 aliphatic heterocycles. The van der Waals surface area contributed by atoms with Gasteiger partial charge in [0.15, 0.2) is 6.04 Å². The van der Waals surface area contributed by atoms with Crippen molar-refractivity contribution < 1.29 is 14.5 Å². The monoisotopic (exact) mass is 410 g/mol. The van der Waals surface area contributed by atoms with Crippen LogP contribution >= 0.6 is 0 Å². The van der Waals surface area contributed by atoms with Crippen LogP contribution in [0.5, 0.6) is 0 Å². The summed E-state index contributed by atoms with van der Waals surface area (Å²) >= 11 is 0. The molecule has 2 rings (SSSR count). The average Bonchev–Trinajstić information content (AvgIpc) is 2.68. The second-order valence-corrected chi connectivity index (χ2v) is 9.22. The molecule has 162 valence electrons. The van der Waals surface area contributed by atoms with Crippen LogP contribution in [0, 0.1) is 13.8 Å². The van der Waals surface area contributed by atoms with Crippen molar-refractivity contribution >= 4 is 17.5 Å². The quantitative estimate of drug-likeness (QED) is 0.657. The molecule has 0 heterocycles. The van der Waals surface area contributed by atoms with Crippen LogP contribution in [0.15, 0.2) is 42.5 Å². The van der Waals surface area contributed by atoms with Gasteiger partial charge in [0.05, 0.1) is 13.6 Å². The summed E-state index contributed by atoms with van der Waals surface area (Å²) in [6.07, 6.45) is 0. The fraction of sp³-hybridized carbons (Fsp3) is 0.440. The number of rotatable bonds is 7. The smallest absolute Gasteiger partial charge is 0.278 e. The van der Waals surface area contributed by atoms with E-state index in [1.165, 1.54) is 11.1 Å². The van der Waals surface area contributed by atoms with Gasteiger partial charge >= 0.3 is 0 Å². The Labute approximate surface area is 180 Å². The number of likely N-dealkylation sites (N-methyl/N-ethyl adjacent to an activating group) is 1. The van der Waals surface area contributed by atoms with Crippen LogP contribution in [0.3, 0.4) is 0 Å². The third kappa shape index (κ3) is 6.42. The lowest BCUT2D eigenvalue weighted by atomic mass is 9.87. The number of nitrogens with one attached hydrogen (secondary N) is 3. The number of quaternary nitrogens is 1. The highest BCUT2D eigenvalue weighted by Gasteiger charge is 2.23. The summed E-state index contributed by atoms with van der Waals surface area (Å²) in [5, 5.41) is 5.66. The van der Waals surface area contributed by atoms with Crippen molar-refractivity contribution in [2.75, 3.05) is 18.9 Å². The van der Waals surface area contributed by atoms with Crippen molar-refractivity contribution in [1.82, 2.24) is 5.32 Å². The normalized spacial score (nSPS) is 13.4. The number of para-hydroxylation sites is 1. The first-order valence-electron chi connectivity index (χ1n) is 10.5. The molecule has 2 aromatic carbocycles. The van der Waals surface area contributed by atoms with Gasteiger partial charge in [0.1, 0.15) is 6.54 Å². The van der Waals surface area contributed by atoms with E-state index in [2.05, 4.69) is 55.7 Å². The zero-order valence-corrected chi connectivity index (χ0v) is 19.3. The molecule has 0 aliphatic rings. The summed E-state index contributed by atoms with van der Waals surface area (Å²) in [5.74, 6) is -0.348. The fourth-order valence-electron chi connectivity index (χ4n) is 3.34. The topological polar surface area (TPSA) is 62.6 Å². The van der Waals surface area contributed by atoms with Crippen molar-refractivity contribution in [2.45, 2.75) is 59.5 Å². The summed E-state index contributed by atoms with van der Waals surface area (Å²) < 4.78 is 0. The Balaban J connectivity index is 1.86. The lowest BCUT2D eigenvalue weighted by molar-refractivity contribution is -0.908. The lowest BCUT2D eigenvalue weighted by Gasteiger charge is -2.22. The maximum atomic E-state index is 12.5. The van der Waals surface area contributed by atoms with E-state index in [-0.39, 0.29) is 29.8 Å². The summed E-state index contributed by atoms with van der Waals surface area (Å²) in [6.45, 7) is 13.1. The minimum atomic E-state index is -0.264. The number of aryl methyl sites for hydroxylation is 2. The fourth-order valence-corrected chi connectivity index (χ4v) is 3.34. The first kappa shape index (κ1) is 23.6. The summed E-state index contributed by atoms with van der Waals surface area (Å²) in [7, 11) is 2.00. The molecular formula is C25H36N3O2+. The largest absolute Gasteiger partial charge is 0.342 e. The van der Waals surface area contributed by atoms with Gasteiger partial charge in [-0.3, -0.25) is 9.59 Å². The second kappa shape index (κ2) is 9.90. The van der Waals surface area contributed by atoms with Crippen molar-refractivity contribution in [3.63, 3.8) is 0 Å². The standard InChI is InChI=1S/C25H35N3O2/c1-17-9-8-10-18(2)23(17)27-22(29)15-26-24(30)19(3)28(7)16-20-11-13-21(14-12-20)25(4,5)6/h8-14,19H,15-16H2,1-7H3,(H,26,30)(H,27,29)/p+1/t19-/m0/s1. The molecule has 5 heteroatoms. The molecule has 0 saturated heterocycles. The van der Waals surface area contributed by atoms with Crippen LogP contribution in [-0.2, 0) is 21.5 Å². The Morgan fingerprint density at radius 3 is 2.10 bits per heavy atom. The van der Waals surface area contributed by atoms with Crippen LogP contribution < -0.4 is 15.5 Å². The second-order valence-electron chi connectivity index (χ2n) is 9.22. The van der Waals surface area contributed by atoms with Gasteiger partial charge in [-0.1, -0.05) is 63.2 Å². The zero-order chi connectivity index (χ0) is 22.5. The number of hydrogen-bond acceptors (Lipinski definition) is 2. The van der Waals surface area contributed by atoms with E-state index in [0.717, 1.165) is 28.3 Å². The van der Waals surface area contributed by atoms with Crippen molar-refractivity contribution in [3.05, 3.63) is 64.7 Å². The molecule has 0 spiro atoms. The van der Waals surface area contributed by atoms with E-state index in [1.54, 1.807) is 0 Å². The molecule has 0 radical (unpaired) electrons. The van der Waals surface area contributed by atoms with Gasteiger partial charge in [-0.25, -0.2) is 0 Å². The van der Waals surface area contributed by atoms with Crippen molar-refractivity contribution in [3.8, 4) is 0 Å². The van der Waals surface area contributed by atoms with E-state index in [1.807, 2.05) is 46.0 Å². The van der Waals surface area contributed by atoms with Crippen LogP contribution in [0.2, 0.25) is 0 Å². The highest BCUT2D eigenvalue weighted by Crippen LogP contribution is 2.22. The van der Waals surface area contributed by atoms with Crippen LogP contribution in [-0.4, -0.2) is 31.4 Å². The van der Waals surface area contributed by atoms with Gasteiger partial charge in [0.2, 0.25) is 5.91 Å². The van der Waals surface area contributed by atoms with Crippen molar-refractivity contribution in [2.24, 2.45) is 0 Å². The van der Waals surface area contributed by atoms with E-state index in [9.17, 15) is 9.59 Å². The molecule has 0 bridgehead atoms. The molecule has 5 nitrogen and oxygen atoms in total. The number of carbonyl (C=O) groups excluding carboxylic acids is 2. The van der Waals surface area contributed by atoms with E-state index >= 15 is 0 Å². The third-order valence-corrected chi connectivity index (χ3v) is 5.60. The highest BCUT2D eigenvalue weighted by atomic mass is 16.2. The first-order valence-corrected chi connectivity index (χ1v) is 10.5.